The third-order valence-corrected chi connectivity index (χ3v) is 6.10. The fourth-order valence-corrected chi connectivity index (χ4v) is 4.40. The number of fused-ring (bicyclic) bond motifs is 2. The molecule has 1 aliphatic rings. The number of hydrogen-bond acceptors (Lipinski definition) is 5. The third kappa shape index (κ3) is 3.00. The minimum atomic E-state index is -3.08. The molecule has 4 aromatic rings. The highest BCUT2D eigenvalue weighted by atomic mass is 32.1. The van der Waals surface area contributed by atoms with Crippen molar-refractivity contribution in [3.8, 4) is 0 Å². The van der Waals surface area contributed by atoms with Crippen molar-refractivity contribution in [2.24, 2.45) is 0 Å². The summed E-state index contributed by atoms with van der Waals surface area (Å²) in [4.78, 5) is 31.0. The average molecular weight is 414 g/mol. The summed E-state index contributed by atoms with van der Waals surface area (Å²) in [5, 5.41) is -0.373. The molecule has 7 nitrogen and oxygen atoms in total. The summed E-state index contributed by atoms with van der Waals surface area (Å²) in [5.41, 5.74) is 3.09. The SMILES string of the molecule is CC(F)(F)c1ncc(C(=O)N2CCc3[nH]cnc3[C@@H]2c2cn3ccccc3n2)s1. The first-order chi connectivity index (χ1) is 13.9. The zero-order valence-electron chi connectivity index (χ0n) is 15.3. The van der Waals surface area contributed by atoms with E-state index >= 15 is 0 Å². The zero-order valence-corrected chi connectivity index (χ0v) is 16.2. The van der Waals surface area contributed by atoms with Crippen LogP contribution >= 0.6 is 11.3 Å². The topological polar surface area (TPSA) is 79.2 Å². The van der Waals surface area contributed by atoms with Gasteiger partial charge in [0.25, 0.3) is 11.8 Å². The van der Waals surface area contributed by atoms with Crippen molar-refractivity contribution >= 4 is 22.9 Å². The molecule has 1 amide bonds. The molecule has 5 heterocycles. The molecule has 0 aliphatic carbocycles. The van der Waals surface area contributed by atoms with Gasteiger partial charge in [-0.15, -0.1) is 11.3 Å². The number of amides is 1. The molecule has 1 aliphatic heterocycles. The minimum Gasteiger partial charge on any atom is -0.348 e. The molecule has 1 N–H and O–H groups in total. The Hall–Kier alpha value is -3.14. The minimum absolute atomic E-state index is 0.175. The lowest BCUT2D eigenvalue weighted by Gasteiger charge is -2.33. The fourth-order valence-electron chi connectivity index (χ4n) is 3.60. The van der Waals surface area contributed by atoms with Crippen LogP contribution in [0, 0.1) is 0 Å². The molecule has 0 bridgehead atoms. The van der Waals surface area contributed by atoms with E-state index in [2.05, 4.69) is 19.9 Å². The van der Waals surface area contributed by atoms with Crippen LogP contribution in [0.1, 0.15) is 44.7 Å². The van der Waals surface area contributed by atoms with E-state index in [4.69, 9.17) is 0 Å². The van der Waals surface area contributed by atoms with Crippen molar-refractivity contribution in [2.75, 3.05) is 6.54 Å². The number of nitrogens with zero attached hydrogens (tertiary/aromatic N) is 5. The van der Waals surface area contributed by atoms with Gasteiger partial charge in [0.2, 0.25) is 0 Å². The van der Waals surface area contributed by atoms with Crippen LogP contribution in [0.3, 0.4) is 0 Å². The highest BCUT2D eigenvalue weighted by molar-refractivity contribution is 7.13. The number of thiazole rings is 1. The van der Waals surface area contributed by atoms with Gasteiger partial charge < -0.3 is 14.3 Å². The second-order valence-electron chi connectivity index (χ2n) is 6.97. The van der Waals surface area contributed by atoms with Crippen LogP contribution < -0.4 is 0 Å². The Morgan fingerprint density at radius 3 is 2.97 bits per heavy atom. The lowest BCUT2D eigenvalue weighted by atomic mass is 10.00. The number of nitrogens with one attached hydrogen (secondary N) is 1. The highest BCUT2D eigenvalue weighted by Gasteiger charge is 2.38. The van der Waals surface area contributed by atoms with E-state index in [-0.39, 0.29) is 15.8 Å². The highest BCUT2D eigenvalue weighted by Crippen LogP contribution is 2.36. The number of alkyl halides is 2. The number of halogens is 2. The number of pyridine rings is 1. The van der Waals surface area contributed by atoms with Crippen molar-refractivity contribution < 1.29 is 13.6 Å². The molecule has 1 atom stereocenters. The van der Waals surface area contributed by atoms with Gasteiger partial charge in [0, 0.05) is 38.0 Å². The summed E-state index contributed by atoms with van der Waals surface area (Å²) in [5.74, 6) is -3.43. The summed E-state index contributed by atoms with van der Waals surface area (Å²) in [7, 11) is 0. The van der Waals surface area contributed by atoms with Gasteiger partial charge in [0.05, 0.1) is 23.9 Å². The Bertz CT molecular complexity index is 1170. The van der Waals surface area contributed by atoms with Crippen LogP contribution in [0.25, 0.3) is 5.65 Å². The van der Waals surface area contributed by atoms with E-state index in [0.29, 0.717) is 18.7 Å². The monoisotopic (exact) mass is 414 g/mol. The second kappa shape index (κ2) is 6.45. The van der Waals surface area contributed by atoms with E-state index in [1.165, 1.54) is 6.20 Å². The Labute approximate surface area is 168 Å². The maximum Gasteiger partial charge on any atom is 0.296 e. The molecule has 0 unspecified atom stereocenters. The molecular weight excluding hydrogens is 398 g/mol. The number of aromatic nitrogens is 5. The Morgan fingerprint density at radius 1 is 1.34 bits per heavy atom. The first kappa shape index (κ1) is 17.9. The molecule has 0 saturated heterocycles. The number of carbonyl (C=O) groups excluding carboxylic acids is 1. The van der Waals surface area contributed by atoms with Gasteiger partial charge in [0.15, 0.2) is 5.01 Å². The summed E-state index contributed by atoms with van der Waals surface area (Å²) in [6.45, 7) is 1.19. The summed E-state index contributed by atoms with van der Waals surface area (Å²) < 4.78 is 29.0. The number of rotatable bonds is 3. The van der Waals surface area contributed by atoms with Gasteiger partial charge in [-0.1, -0.05) is 6.07 Å². The van der Waals surface area contributed by atoms with Gasteiger partial charge in [0.1, 0.15) is 16.6 Å². The number of aromatic amines is 1. The quantitative estimate of drug-likeness (QED) is 0.557. The van der Waals surface area contributed by atoms with Crippen LogP contribution in [0.2, 0.25) is 0 Å². The van der Waals surface area contributed by atoms with Crippen molar-refractivity contribution in [3.63, 3.8) is 0 Å². The predicted octanol–water partition coefficient (Wildman–Crippen LogP) is 3.41. The smallest absolute Gasteiger partial charge is 0.296 e. The third-order valence-electron chi connectivity index (χ3n) is 4.94. The molecule has 4 aromatic heterocycles. The summed E-state index contributed by atoms with van der Waals surface area (Å²) >= 11 is 0.721. The fraction of sp³-hybridized carbons (Fsp3) is 0.263. The molecule has 5 rings (SSSR count). The van der Waals surface area contributed by atoms with Crippen molar-refractivity contribution in [1.82, 2.24) is 29.2 Å². The van der Waals surface area contributed by atoms with E-state index in [0.717, 1.165) is 35.3 Å². The maximum atomic E-state index is 13.6. The lowest BCUT2D eigenvalue weighted by molar-refractivity contribution is 0.0172. The second-order valence-corrected chi connectivity index (χ2v) is 8.00. The molecule has 0 saturated carbocycles. The zero-order chi connectivity index (χ0) is 20.2. The molecule has 29 heavy (non-hydrogen) atoms. The molecule has 0 fully saturated rings. The van der Waals surface area contributed by atoms with Crippen LogP contribution in [0.15, 0.2) is 43.1 Å². The molecule has 0 aromatic carbocycles. The number of imidazole rings is 2. The number of hydrogen-bond donors (Lipinski definition) is 1. The largest absolute Gasteiger partial charge is 0.348 e. The normalized spacial score (nSPS) is 16.9. The number of H-pyrrole nitrogens is 1. The van der Waals surface area contributed by atoms with Crippen molar-refractivity contribution in [2.45, 2.75) is 25.3 Å². The van der Waals surface area contributed by atoms with Crippen LogP contribution in [-0.4, -0.2) is 41.7 Å². The van der Waals surface area contributed by atoms with Crippen LogP contribution in [0.4, 0.5) is 8.78 Å². The summed E-state index contributed by atoms with van der Waals surface area (Å²) in [6.07, 6.45) is 7.17. The van der Waals surface area contributed by atoms with Gasteiger partial charge in [-0.25, -0.2) is 15.0 Å². The van der Waals surface area contributed by atoms with E-state index in [1.54, 1.807) is 11.2 Å². The molecular formula is C19H16F2N6OS. The van der Waals surface area contributed by atoms with E-state index in [1.807, 2.05) is 35.0 Å². The first-order valence-corrected chi connectivity index (χ1v) is 9.84. The van der Waals surface area contributed by atoms with Crippen LogP contribution in [0.5, 0.6) is 0 Å². The molecule has 10 heteroatoms. The van der Waals surface area contributed by atoms with Crippen molar-refractivity contribution in [1.29, 1.82) is 0 Å². The first-order valence-electron chi connectivity index (χ1n) is 9.02. The Kier molecular flexibility index (Phi) is 3.98. The Morgan fingerprint density at radius 2 is 2.21 bits per heavy atom. The van der Waals surface area contributed by atoms with Gasteiger partial charge in [-0.3, -0.25) is 4.79 Å². The van der Waals surface area contributed by atoms with Gasteiger partial charge >= 0.3 is 0 Å². The predicted molar refractivity (Wildman–Crippen MR) is 102 cm³/mol. The van der Waals surface area contributed by atoms with Crippen LogP contribution in [-0.2, 0) is 12.3 Å². The number of carbonyl (C=O) groups is 1. The Balaban J connectivity index is 1.57. The average Bonchev–Trinajstić information content (AvgIpc) is 3.44. The molecule has 0 spiro atoms. The van der Waals surface area contributed by atoms with E-state index in [9.17, 15) is 13.6 Å². The summed E-state index contributed by atoms with van der Waals surface area (Å²) in [6, 6.07) is 5.15. The molecule has 148 valence electrons. The van der Waals surface area contributed by atoms with Gasteiger partial charge in [-0.2, -0.15) is 8.78 Å². The molecule has 0 radical (unpaired) electrons. The van der Waals surface area contributed by atoms with E-state index < -0.39 is 12.0 Å². The maximum absolute atomic E-state index is 13.6. The van der Waals surface area contributed by atoms with Gasteiger partial charge in [-0.05, 0) is 12.1 Å². The standard InChI is InChI=1S/C19H16F2N6OS/c1-19(20,21)18-22-8-13(29-18)17(28)27-7-5-11-15(24-10-23-11)16(27)12-9-26-6-3-2-4-14(26)25-12/h2-4,6,8-10,16H,5,7H2,1H3,(H,23,24)/t16-/m0/s1. The lowest BCUT2D eigenvalue weighted by Crippen LogP contribution is -2.40. The van der Waals surface area contributed by atoms with Crippen molar-refractivity contribution in [3.05, 3.63) is 70.1 Å².